The molecule has 0 atom stereocenters. The fraction of sp³-hybridized carbons (Fsp3) is 0.500. The molecule has 2 N–H and O–H groups in total. The van der Waals surface area contributed by atoms with E-state index in [1.54, 1.807) is 0 Å². The SMILES string of the molecule is [CH3][Sn][C](N)=O. The van der Waals surface area contributed by atoms with Crippen molar-refractivity contribution in [2.45, 2.75) is 4.94 Å². The van der Waals surface area contributed by atoms with Gasteiger partial charge in [0.05, 0.1) is 0 Å². The quantitative estimate of drug-likeness (QED) is 0.555. The summed E-state index contributed by atoms with van der Waals surface area (Å²) in [6.07, 6.45) is 0. The van der Waals surface area contributed by atoms with E-state index in [0.29, 0.717) is 0 Å². The van der Waals surface area contributed by atoms with Gasteiger partial charge in [0.25, 0.3) is 0 Å². The number of amides is 1. The number of rotatable bonds is 1. The Morgan fingerprint density at radius 2 is 2.20 bits per heavy atom. The summed E-state index contributed by atoms with van der Waals surface area (Å²) in [6.45, 7) is 0. The van der Waals surface area contributed by atoms with Crippen molar-refractivity contribution in [2.24, 2.45) is 5.73 Å². The number of primary amides is 1. The fourth-order valence-corrected chi connectivity index (χ4v) is 0. The Balaban J connectivity index is 2.85. The molecule has 0 heterocycles. The minimum atomic E-state index is -0.727. The van der Waals surface area contributed by atoms with E-state index in [1.165, 1.54) is 0 Å². The molecular formula is C2H5NOSn. The summed E-state index contributed by atoms with van der Waals surface area (Å²) < 4.78 is -0.0754. The molecule has 2 radical (unpaired) electrons. The first-order valence-corrected chi connectivity index (χ1v) is 5.52. The van der Waals surface area contributed by atoms with E-state index in [0.717, 1.165) is 0 Å². The van der Waals surface area contributed by atoms with Crippen molar-refractivity contribution >= 4 is 25.1 Å². The van der Waals surface area contributed by atoms with Crippen LogP contribution >= 0.6 is 0 Å². The van der Waals surface area contributed by atoms with Gasteiger partial charge in [-0.3, -0.25) is 0 Å². The summed E-state index contributed by atoms with van der Waals surface area (Å²) in [5, 5.41) is 0. The first-order chi connectivity index (χ1) is 2.27. The molecule has 0 unspecified atom stereocenters. The Morgan fingerprint density at radius 1 is 2.00 bits per heavy atom. The topological polar surface area (TPSA) is 43.1 Å². The predicted octanol–water partition coefficient (Wildman–Crippen LogP) is -0.183. The minimum absolute atomic E-state index is 0.0754. The Morgan fingerprint density at radius 3 is 2.20 bits per heavy atom. The van der Waals surface area contributed by atoms with E-state index >= 15 is 0 Å². The van der Waals surface area contributed by atoms with Gasteiger partial charge in [-0.25, -0.2) is 0 Å². The molecule has 3 heteroatoms. The average Bonchev–Trinajstić information content (AvgIpc) is 1.38. The van der Waals surface area contributed by atoms with E-state index in [-0.39, 0.29) is 3.92 Å². The zero-order chi connectivity index (χ0) is 4.28. The zero-order valence-corrected chi connectivity index (χ0v) is 5.84. The van der Waals surface area contributed by atoms with Gasteiger partial charge < -0.3 is 0 Å². The van der Waals surface area contributed by atoms with Crippen LogP contribution in [0.5, 0.6) is 0 Å². The Labute approximate surface area is 41.0 Å². The van der Waals surface area contributed by atoms with Gasteiger partial charge in [0.1, 0.15) is 0 Å². The third kappa shape index (κ3) is 4.27. The molecule has 0 aliphatic rings. The van der Waals surface area contributed by atoms with Crippen LogP contribution in [0.2, 0.25) is 4.94 Å². The molecule has 28 valence electrons. The second-order valence-electron chi connectivity index (χ2n) is 0.614. The molecule has 0 aromatic rings. The fourth-order valence-electron chi connectivity index (χ4n) is 0. The van der Waals surface area contributed by atoms with Gasteiger partial charge in [0.2, 0.25) is 0 Å². The maximum absolute atomic E-state index is 9.67. The third-order valence-electron chi connectivity index (χ3n) is 0.246. The van der Waals surface area contributed by atoms with Crippen LogP contribution in [-0.2, 0) is 0 Å². The van der Waals surface area contributed by atoms with Crippen molar-refractivity contribution in [3.05, 3.63) is 0 Å². The summed E-state index contributed by atoms with van der Waals surface area (Å²) >= 11 is -0.727. The number of hydrogen-bond donors (Lipinski definition) is 1. The van der Waals surface area contributed by atoms with Gasteiger partial charge in [0, 0.05) is 0 Å². The van der Waals surface area contributed by atoms with Crippen LogP contribution in [-0.4, -0.2) is 25.1 Å². The van der Waals surface area contributed by atoms with Crippen molar-refractivity contribution < 1.29 is 4.79 Å². The molecule has 2 nitrogen and oxygen atoms in total. The van der Waals surface area contributed by atoms with Crippen LogP contribution in [0.4, 0.5) is 4.79 Å². The number of carbonyl (C=O) groups is 1. The molecule has 0 spiro atoms. The third-order valence-corrected chi connectivity index (χ3v) is 1.65. The summed E-state index contributed by atoms with van der Waals surface area (Å²) in [5.41, 5.74) is 4.73. The van der Waals surface area contributed by atoms with Crippen LogP contribution < -0.4 is 5.73 Å². The molecular weight excluding hydrogens is 173 g/mol. The molecule has 0 aromatic carbocycles. The van der Waals surface area contributed by atoms with E-state index in [4.69, 9.17) is 5.73 Å². The number of nitrogens with two attached hydrogens (primary N) is 1. The molecule has 0 saturated heterocycles. The second kappa shape index (κ2) is 2.50. The summed E-state index contributed by atoms with van der Waals surface area (Å²) in [5.74, 6) is 0. The standard InChI is InChI=1S/CH2NO.CH3.Sn/c2-1-3;;/h(H2,2,3);1H3;. The first-order valence-electron chi connectivity index (χ1n) is 1.24. The van der Waals surface area contributed by atoms with Crippen LogP contribution in [0.15, 0.2) is 0 Å². The van der Waals surface area contributed by atoms with E-state index in [1.807, 2.05) is 4.94 Å². The van der Waals surface area contributed by atoms with Crippen molar-refractivity contribution in [3.63, 3.8) is 0 Å². The van der Waals surface area contributed by atoms with Crippen molar-refractivity contribution in [1.29, 1.82) is 0 Å². The van der Waals surface area contributed by atoms with Gasteiger partial charge in [0.15, 0.2) is 0 Å². The molecule has 0 bridgehead atoms. The summed E-state index contributed by atoms with van der Waals surface area (Å²) in [7, 11) is 0. The summed E-state index contributed by atoms with van der Waals surface area (Å²) in [4.78, 5) is 11.6. The van der Waals surface area contributed by atoms with Gasteiger partial charge in [-0.1, -0.05) is 0 Å². The Hall–Kier alpha value is 0.269. The van der Waals surface area contributed by atoms with Gasteiger partial charge in [-0.15, -0.1) is 0 Å². The molecule has 0 rings (SSSR count). The predicted molar refractivity (Wildman–Crippen MR) is 21.2 cm³/mol. The van der Waals surface area contributed by atoms with Crippen molar-refractivity contribution in [1.82, 2.24) is 0 Å². The van der Waals surface area contributed by atoms with Gasteiger partial charge >= 0.3 is 40.5 Å². The van der Waals surface area contributed by atoms with Crippen molar-refractivity contribution in [3.8, 4) is 0 Å². The Bertz CT molecular complexity index is 44.9. The molecule has 0 aromatic heterocycles. The van der Waals surface area contributed by atoms with E-state index in [2.05, 4.69) is 0 Å². The Kier molecular flexibility index (Phi) is 2.64. The normalized spacial score (nSPS) is 7.40. The second-order valence-corrected chi connectivity index (χ2v) is 3.45. The van der Waals surface area contributed by atoms with Crippen LogP contribution in [0.1, 0.15) is 0 Å². The molecule has 0 fully saturated rings. The van der Waals surface area contributed by atoms with Crippen molar-refractivity contribution in [2.75, 3.05) is 0 Å². The van der Waals surface area contributed by atoms with E-state index < -0.39 is 21.1 Å². The van der Waals surface area contributed by atoms with Crippen LogP contribution in [0.25, 0.3) is 0 Å². The monoisotopic (exact) mass is 179 g/mol. The van der Waals surface area contributed by atoms with Gasteiger partial charge in [-0.2, -0.15) is 0 Å². The number of carbonyl (C=O) groups excluding carboxylic acids is 1. The van der Waals surface area contributed by atoms with E-state index in [9.17, 15) is 4.79 Å². The average molecular weight is 178 g/mol. The maximum atomic E-state index is 9.67. The van der Waals surface area contributed by atoms with Crippen LogP contribution in [0, 0.1) is 0 Å². The molecule has 1 amide bonds. The van der Waals surface area contributed by atoms with Gasteiger partial charge in [-0.05, 0) is 0 Å². The van der Waals surface area contributed by atoms with Crippen LogP contribution in [0.3, 0.4) is 0 Å². The zero-order valence-electron chi connectivity index (χ0n) is 2.99. The molecule has 0 saturated carbocycles. The molecule has 0 aliphatic carbocycles. The molecule has 0 aliphatic heterocycles. The first kappa shape index (κ1) is 5.27. The summed E-state index contributed by atoms with van der Waals surface area (Å²) in [6, 6.07) is 0. The molecule has 5 heavy (non-hydrogen) atoms. The number of hydrogen-bond acceptors (Lipinski definition) is 1.